The van der Waals surface area contributed by atoms with E-state index in [1.807, 2.05) is 13.8 Å². The summed E-state index contributed by atoms with van der Waals surface area (Å²) in [5.74, 6) is 0. The number of alkyl halides is 1. The highest BCUT2D eigenvalue weighted by Gasteiger charge is 2.35. The van der Waals surface area contributed by atoms with Crippen LogP contribution in [0.1, 0.15) is 20.8 Å². The molecule has 0 amide bonds. The van der Waals surface area contributed by atoms with E-state index in [0.29, 0.717) is 12.1 Å². The Bertz CT molecular complexity index is 127. The molecule has 1 aliphatic rings. The molecule has 0 aromatic carbocycles. The van der Waals surface area contributed by atoms with Gasteiger partial charge >= 0.3 is 0 Å². The summed E-state index contributed by atoms with van der Waals surface area (Å²) in [5, 5.41) is 4.32. The van der Waals surface area contributed by atoms with Crippen molar-refractivity contribution in [1.82, 2.24) is 5.32 Å². The molecular weight excluding hydrogens is 194 g/mol. The molecule has 1 aliphatic heterocycles. The molecule has 1 N–H and O–H groups in total. The Kier molecular flexibility index (Phi) is 2.38. The monoisotopic (exact) mass is 207 g/mol. The standard InChI is InChI=1S/C7H14BrNO/c1-5-6(4-8)9-7(2,3)10-5/h5-6,9H,4H2,1-3H3/t5-,6-/m1/s1. The molecule has 2 atom stereocenters. The van der Waals surface area contributed by atoms with Crippen molar-refractivity contribution >= 4 is 15.9 Å². The molecule has 2 nitrogen and oxygen atoms in total. The summed E-state index contributed by atoms with van der Waals surface area (Å²) in [5.41, 5.74) is -0.141. The van der Waals surface area contributed by atoms with Gasteiger partial charge in [-0.05, 0) is 20.8 Å². The second kappa shape index (κ2) is 2.80. The first kappa shape index (κ1) is 8.50. The molecule has 1 rings (SSSR count). The van der Waals surface area contributed by atoms with E-state index in [1.54, 1.807) is 0 Å². The molecule has 0 aromatic heterocycles. The quantitative estimate of drug-likeness (QED) is 0.659. The van der Waals surface area contributed by atoms with Crippen LogP contribution < -0.4 is 5.32 Å². The maximum absolute atomic E-state index is 5.61. The van der Waals surface area contributed by atoms with E-state index in [1.165, 1.54) is 0 Å². The molecule has 0 aliphatic carbocycles. The van der Waals surface area contributed by atoms with Crippen LogP contribution in [0.25, 0.3) is 0 Å². The fourth-order valence-corrected chi connectivity index (χ4v) is 2.00. The molecule has 0 bridgehead atoms. The second-order valence-electron chi connectivity index (χ2n) is 3.24. The van der Waals surface area contributed by atoms with Crippen molar-refractivity contribution < 1.29 is 4.74 Å². The van der Waals surface area contributed by atoms with E-state index in [-0.39, 0.29) is 5.72 Å². The number of ether oxygens (including phenoxy) is 1. The second-order valence-corrected chi connectivity index (χ2v) is 3.89. The third kappa shape index (κ3) is 1.71. The first-order chi connectivity index (χ1) is 4.55. The van der Waals surface area contributed by atoms with Crippen LogP contribution in [0.3, 0.4) is 0 Å². The third-order valence-electron chi connectivity index (χ3n) is 1.75. The molecule has 1 fully saturated rings. The first-order valence-corrected chi connectivity index (χ1v) is 4.69. The van der Waals surface area contributed by atoms with E-state index < -0.39 is 0 Å². The van der Waals surface area contributed by atoms with Crippen molar-refractivity contribution in [3.63, 3.8) is 0 Å². The molecule has 0 radical (unpaired) electrons. The van der Waals surface area contributed by atoms with Crippen LogP contribution in [0.2, 0.25) is 0 Å². The van der Waals surface area contributed by atoms with Gasteiger partial charge in [-0.15, -0.1) is 0 Å². The Morgan fingerprint density at radius 2 is 2.20 bits per heavy atom. The highest BCUT2D eigenvalue weighted by Crippen LogP contribution is 2.21. The average Bonchev–Trinajstić information content (AvgIpc) is 2.05. The Hall–Kier alpha value is 0.400. The minimum Gasteiger partial charge on any atom is -0.357 e. The smallest absolute Gasteiger partial charge is 0.114 e. The number of rotatable bonds is 1. The van der Waals surface area contributed by atoms with Crippen LogP contribution >= 0.6 is 15.9 Å². The van der Waals surface area contributed by atoms with Crippen LogP contribution in [0.15, 0.2) is 0 Å². The lowest BCUT2D eigenvalue weighted by molar-refractivity contribution is -0.0167. The minimum absolute atomic E-state index is 0.141. The topological polar surface area (TPSA) is 21.3 Å². The van der Waals surface area contributed by atoms with Gasteiger partial charge in [0.05, 0.1) is 6.10 Å². The zero-order valence-corrected chi connectivity index (χ0v) is 8.23. The average molecular weight is 208 g/mol. The van der Waals surface area contributed by atoms with Gasteiger partial charge < -0.3 is 4.74 Å². The van der Waals surface area contributed by atoms with Crippen molar-refractivity contribution in [2.75, 3.05) is 5.33 Å². The summed E-state index contributed by atoms with van der Waals surface area (Å²) in [6.07, 6.45) is 0.314. The SMILES string of the molecule is C[C@H]1OC(C)(C)N[C@@H]1CBr. The predicted octanol–water partition coefficient (Wildman–Crippen LogP) is 1.49. The van der Waals surface area contributed by atoms with Gasteiger partial charge in [0.2, 0.25) is 0 Å². The van der Waals surface area contributed by atoms with Gasteiger partial charge in [0.15, 0.2) is 0 Å². The van der Waals surface area contributed by atoms with Crippen molar-refractivity contribution in [2.45, 2.75) is 38.6 Å². The fraction of sp³-hybridized carbons (Fsp3) is 1.00. The van der Waals surface area contributed by atoms with E-state index in [0.717, 1.165) is 5.33 Å². The van der Waals surface area contributed by atoms with Crippen molar-refractivity contribution in [2.24, 2.45) is 0 Å². The largest absolute Gasteiger partial charge is 0.357 e. The molecule has 0 aromatic rings. The lowest BCUT2D eigenvalue weighted by Crippen LogP contribution is -2.39. The molecule has 10 heavy (non-hydrogen) atoms. The third-order valence-corrected chi connectivity index (χ3v) is 2.44. The zero-order chi connectivity index (χ0) is 7.78. The number of halogens is 1. The normalized spacial score (nSPS) is 38.4. The van der Waals surface area contributed by atoms with E-state index in [2.05, 4.69) is 28.2 Å². The highest BCUT2D eigenvalue weighted by molar-refractivity contribution is 9.09. The number of nitrogens with one attached hydrogen (secondary N) is 1. The zero-order valence-electron chi connectivity index (χ0n) is 6.65. The summed E-state index contributed by atoms with van der Waals surface area (Å²) in [7, 11) is 0. The lowest BCUT2D eigenvalue weighted by Gasteiger charge is -2.17. The van der Waals surface area contributed by atoms with Gasteiger partial charge in [-0.25, -0.2) is 0 Å². The molecule has 0 spiro atoms. The van der Waals surface area contributed by atoms with Crippen LogP contribution in [-0.2, 0) is 4.74 Å². The molecular formula is C7H14BrNO. The van der Waals surface area contributed by atoms with Crippen molar-refractivity contribution in [1.29, 1.82) is 0 Å². The Labute approximate surface area is 70.5 Å². The summed E-state index contributed by atoms with van der Waals surface area (Å²) in [6.45, 7) is 6.19. The molecule has 0 saturated carbocycles. The van der Waals surface area contributed by atoms with Crippen molar-refractivity contribution in [3.8, 4) is 0 Å². The summed E-state index contributed by atoms with van der Waals surface area (Å²) < 4.78 is 5.61. The summed E-state index contributed by atoms with van der Waals surface area (Å²) in [6, 6.07) is 0.454. The first-order valence-electron chi connectivity index (χ1n) is 3.56. The fourth-order valence-electron chi connectivity index (χ4n) is 1.31. The minimum atomic E-state index is -0.141. The summed E-state index contributed by atoms with van der Waals surface area (Å²) >= 11 is 3.43. The van der Waals surface area contributed by atoms with Crippen LogP contribution in [0.4, 0.5) is 0 Å². The Morgan fingerprint density at radius 1 is 1.60 bits per heavy atom. The number of hydrogen-bond acceptors (Lipinski definition) is 2. The predicted molar refractivity (Wildman–Crippen MR) is 45.3 cm³/mol. The van der Waals surface area contributed by atoms with E-state index >= 15 is 0 Å². The molecule has 1 saturated heterocycles. The van der Waals surface area contributed by atoms with E-state index in [9.17, 15) is 0 Å². The van der Waals surface area contributed by atoms with Gasteiger partial charge in [-0.2, -0.15) is 0 Å². The Balaban J connectivity index is 2.52. The summed E-state index contributed by atoms with van der Waals surface area (Å²) in [4.78, 5) is 0. The maximum atomic E-state index is 5.61. The highest BCUT2D eigenvalue weighted by atomic mass is 79.9. The van der Waals surface area contributed by atoms with Crippen LogP contribution in [-0.4, -0.2) is 23.2 Å². The van der Waals surface area contributed by atoms with Crippen LogP contribution in [0, 0.1) is 0 Å². The van der Waals surface area contributed by atoms with E-state index in [4.69, 9.17) is 4.74 Å². The van der Waals surface area contributed by atoms with Crippen LogP contribution in [0.5, 0.6) is 0 Å². The molecule has 0 unspecified atom stereocenters. The van der Waals surface area contributed by atoms with Gasteiger partial charge in [0.25, 0.3) is 0 Å². The van der Waals surface area contributed by atoms with Gasteiger partial charge in [0, 0.05) is 11.4 Å². The van der Waals surface area contributed by atoms with Gasteiger partial charge in [0.1, 0.15) is 5.72 Å². The molecule has 60 valence electrons. The maximum Gasteiger partial charge on any atom is 0.114 e. The lowest BCUT2D eigenvalue weighted by atomic mass is 10.2. The van der Waals surface area contributed by atoms with Gasteiger partial charge in [-0.3, -0.25) is 5.32 Å². The number of hydrogen-bond donors (Lipinski definition) is 1. The van der Waals surface area contributed by atoms with Crippen molar-refractivity contribution in [3.05, 3.63) is 0 Å². The Morgan fingerprint density at radius 3 is 2.40 bits per heavy atom. The molecule has 3 heteroatoms. The van der Waals surface area contributed by atoms with Gasteiger partial charge in [-0.1, -0.05) is 15.9 Å². The molecule has 1 heterocycles.